The smallest absolute Gasteiger partial charge is 0.417 e. The van der Waals surface area contributed by atoms with Crippen molar-refractivity contribution in [1.29, 1.82) is 5.26 Å². The molecule has 1 fully saturated rings. The Bertz CT molecular complexity index is 1520. The molecule has 2 unspecified atom stereocenters. The fourth-order valence-electron chi connectivity index (χ4n) is 5.67. The third-order valence-electron chi connectivity index (χ3n) is 8.07. The van der Waals surface area contributed by atoms with Crippen LogP contribution in [0, 0.1) is 30.0 Å². The average molecular weight is 636 g/mol. The Kier molecular flexibility index (Phi) is 9.71. The second kappa shape index (κ2) is 13.1. The number of benzene rings is 1. The van der Waals surface area contributed by atoms with E-state index in [1.807, 2.05) is 0 Å². The normalized spacial score (nSPS) is 20.3. The van der Waals surface area contributed by atoms with E-state index in [0.29, 0.717) is 0 Å². The lowest BCUT2D eigenvalue weighted by molar-refractivity contribution is -0.138. The number of aryl methyl sites for hydroxylation is 1. The number of para-hydroxylation sites is 1. The highest BCUT2D eigenvalue weighted by atomic mass is 19.4. The van der Waals surface area contributed by atoms with Gasteiger partial charge in [-0.15, -0.1) is 0 Å². The average Bonchev–Trinajstić information content (AvgIpc) is 3.43. The number of anilines is 3. The van der Waals surface area contributed by atoms with Gasteiger partial charge in [-0.05, 0) is 31.5 Å². The number of fused-ring (bicyclic) bond motifs is 1. The lowest BCUT2D eigenvalue weighted by atomic mass is 10.0. The molecule has 2 N–H and O–H groups in total. The third kappa shape index (κ3) is 6.88. The van der Waals surface area contributed by atoms with E-state index >= 15 is 4.39 Å². The minimum atomic E-state index is -4.83. The fraction of sp³-hybridized carbons (Fsp3) is 0.483. The Hall–Kier alpha value is -4.65. The van der Waals surface area contributed by atoms with Gasteiger partial charge in [-0.3, -0.25) is 9.59 Å². The number of nitrogens with zero attached hydrogens (tertiary/aromatic N) is 6. The first-order valence-electron chi connectivity index (χ1n) is 14.0. The molecular formula is C29H33F4N7O5. The second-order valence-corrected chi connectivity index (χ2v) is 10.9. The quantitative estimate of drug-likeness (QED) is 0.439. The van der Waals surface area contributed by atoms with Gasteiger partial charge in [-0.25, -0.2) is 14.2 Å². The van der Waals surface area contributed by atoms with Crippen LogP contribution in [0.2, 0.25) is 0 Å². The first kappa shape index (κ1) is 33.2. The Morgan fingerprint density at radius 2 is 2.00 bits per heavy atom. The largest absolute Gasteiger partial charge is 0.465 e. The second-order valence-electron chi connectivity index (χ2n) is 10.9. The van der Waals surface area contributed by atoms with Crippen molar-refractivity contribution in [2.45, 2.75) is 31.7 Å². The highest BCUT2D eigenvalue weighted by molar-refractivity contribution is 6.01. The van der Waals surface area contributed by atoms with Crippen molar-refractivity contribution in [3.63, 3.8) is 0 Å². The highest BCUT2D eigenvalue weighted by Gasteiger charge is 2.41. The molecule has 1 saturated heterocycles. The summed E-state index contributed by atoms with van der Waals surface area (Å²) < 4.78 is 61.8. The zero-order valence-corrected chi connectivity index (χ0v) is 25.1. The van der Waals surface area contributed by atoms with Gasteiger partial charge < -0.3 is 34.8 Å². The molecule has 45 heavy (non-hydrogen) atoms. The third-order valence-corrected chi connectivity index (χ3v) is 8.07. The van der Waals surface area contributed by atoms with Gasteiger partial charge in [0.05, 0.1) is 35.5 Å². The maximum atomic E-state index is 15.3. The van der Waals surface area contributed by atoms with Gasteiger partial charge in [-0.2, -0.15) is 18.4 Å². The van der Waals surface area contributed by atoms with Crippen LogP contribution in [0.3, 0.4) is 0 Å². The van der Waals surface area contributed by atoms with E-state index in [-0.39, 0.29) is 62.1 Å². The molecule has 242 valence electrons. The molecule has 16 heteroatoms. The molecule has 2 aliphatic rings. The summed E-state index contributed by atoms with van der Waals surface area (Å²) in [6.45, 7) is 1.59. The molecule has 0 spiro atoms. The van der Waals surface area contributed by atoms with Crippen LogP contribution < -0.4 is 15.1 Å². The van der Waals surface area contributed by atoms with Crippen LogP contribution in [-0.2, 0) is 20.5 Å². The number of carbonyl (C=O) groups is 3. The zero-order chi connectivity index (χ0) is 33.2. The van der Waals surface area contributed by atoms with E-state index in [1.165, 1.54) is 56.1 Å². The molecule has 0 aliphatic carbocycles. The molecule has 1 aromatic carbocycles. The van der Waals surface area contributed by atoms with E-state index < -0.39 is 59.0 Å². The Morgan fingerprint density at radius 3 is 2.62 bits per heavy atom. The summed E-state index contributed by atoms with van der Waals surface area (Å²) in [6, 6.07) is 5.33. The molecule has 1 aromatic heterocycles. The predicted octanol–water partition coefficient (Wildman–Crippen LogP) is 3.16. The number of hydrogen-bond donors (Lipinski definition) is 2. The van der Waals surface area contributed by atoms with E-state index in [9.17, 15) is 37.9 Å². The summed E-state index contributed by atoms with van der Waals surface area (Å²) in [5.74, 6) is -2.69. The number of likely N-dealkylation sites (tertiary alicyclic amines) is 1. The number of alkyl halides is 3. The van der Waals surface area contributed by atoms with Gasteiger partial charge in [-0.1, -0.05) is 6.07 Å². The first-order valence-corrected chi connectivity index (χ1v) is 14.0. The fourth-order valence-corrected chi connectivity index (χ4v) is 5.67. The number of methoxy groups -OCH3 is 1. The first-order chi connectivity index (χ1) is 21.2. The van der Waals surface area contributed by atoms with Gasteiger partial charge in [0.25, 0.3) is 0 Å². The van der Waals surface area contributed by atoms with E-state index in [1.54, 1.807) is 11.0 Å². The number of hydrogen-bond acceptors (Lipinski definition) is 8. The predicted molar refractivity (Wildman–Crippen MR) is 154 cm³/mol. The molecule has 12 nitrogen and oxygen atoms in total. The molecule has 3 heterocycles. The molecule has 0 radical (unpaired) electrons. The maximum Gasteiger partial charge on any atom is 0.417 e. The number of pyridine rings is 1. The zero-order valence-electron chi connectivity index (χ0n) is 25.1. The molecule has 0 saturated carbocycles. The molecule has 3 amide bonds. The molecule has 2 aromatic rings. The standard InChI is InChI=1S/C29H33F4N7O5/c1-16-12-19(29(31,32)33)17(13-34)25(35-16)36-21-8-9-39(24-20(30)6-5-7-22(24)38(3)27(21)42)11-10-37(2)26(41)18-14-40(28(43)44)15-23(18)45-4/h5-7,12,18,21,23H,8-11,14-15H2,1-4H3,(H,35,36)(H,43,44)/t18?,21-,23?/m0/s1. The molecule has 3 atom stereocenters. The van der Waals surface area contributed by atoms with Crippen molar-refractivity contribution in [3.05, 3.63) is 46.9 Å². The van der Waals surface area contributed by atoms with E-state index in [0.717, 1.165) is 11.0 Å². The molecule has 2 aliphatic heterocycles. The Balaban J connectivity index is 1.60. The van der Waals surface area contributed by atoms with Crippen molar-refractivity contribution in [2.75, 3.05) is 69.0 Å². The van der Waals surface area contributed by atoms with Crippen LogP contribution in [0.25, 0.3) is 0 Å². The number of aromatic nitrogens is 1. The SMILES string of the molecule is COC1CN(C(=O)O)CC1C(=O)N(C)CCN1CC[C@H](Nc2nc(C)cc(C(F)(F)F)c2C#N)C(=O)N(C)c2cccc(F)c21. The topological polar surface area (TPSA) is 142 Å². The number of nitrogens with one attached hydrogen (secondary N) is 1. The van der Waals surface area contributed by atoms with Crippen LogP contribution in [-0.4, -0.2) is 104 Å². The number of rotatable bonds is 7. The number of carboxylic acid groups (broad SMARTS) is 1. The summed E-state index contributed by atoms with van der Waals surface area (Å²) in [7, 11) is 4.34. The van der Waals surface area contributed by atoms with Crippen LogP contribution in [0.5, 0.6) is 0 Å². The summed E-state index contributed by atoms with van der Waals surface area (Å²) in [4.78, 5) is 47.7. The number of amides is 3. The van der Waals surface area contributed by atoms with Crippen LogP contribution in [0.15, 0.2) is 24.3 Å². The van der Waals surface area contributed by atoms with Gasteiger partial charge in [0.1, 0.15) is 29.3 Å². The van der Waals surface area contributed by atoms with Crippen molar-refractivity contribution in [2.24, 2.45) is 5.92 Å². The van der Waals surface area contributed by atoms with Gasteiger partial charge in [0.15, 0.2) is 0 Å². The summed E-state index contributed by atoms with van der Waals surface area (Å²) in [5.41, 5.74) is -1.65. The number of halogens is 4. The van der Waals surface area contributed by atoms with Crippen LogP contribution in [0.4, 0.5) is 39.5 Å². The van der Waals surface area contributed by atoms with Crippen molar-refractivity contribution >= 4 is 35.1 Å². The minimum Gasteiger partial charge on any atom is -0.465 e. The van der Waals surface area contributed by atoms with Gasteiger partial charge in [0, 0.05) is 53.1 Å². The summed E-state index contributed by atoms with van der Waals surface area (Å²) in [6.07, 6.45) is -6.64. The maximum absolute atomic E-state index is 15.3. The van der Waals surface area contributed by atoms with E-state index in [4.69, 9.17) is 4.74 Å². The summed E-state index contributed by atoms with van der Waals surface area (Å²) >= 11 is 0. The number of ether oxygens (including phenoxy) is 1. The Morgan fingerprint density at radius 1 is 1.29 bits per heavy atom. The van der Waals surface area contributed by atoms with Crippen LogP contribution in [0.1, 0.15) is 23.2 Å². The molecule has 0 bridgehead atoms. The van der Waals surface area contributed by atoms with Gasteiger partial charge >= 0.3 is 12.3 Å². The summed E-state index contributed by atoms with van der Waals surface area (Å²) in [5, 5.41) is 21.7. The van der Waals surface area contributed by atoms with Crippen LogP contribution >= 0.6 is 0 Å². The lowest BCUT2D eigenvalue weighted by Crippen LogP contribution is -2.48. The molecule has 4 rings (SSSR count). The van der Waals surface area contributed by atoms with E-state index in [2.05, 4.69) is 10.3 Å². The number of carbonyl (C=O) groups excluding carboxylic acids is 2. The number of nitriles is 1. The van der Waals surface area contributed by atoms with Gasteiger partial charge in [0.2, 0.25) is 11.8 Å². The molecular weight excluding hydrogens is 602 g/mol. The lowest BCUT2D eigenvalue weighted by Gasteiger charge is -2.37. The monoisotopic (exact) mass is 635 g/mol. The highest BCUT2D eigenvalue weighted by Crippen LogP contribution is 2.37. The number of likely N-dealkylation sites (N-methyl/N-ethyl adjacent to an activating group) is 2. The minimum absolute atomic E-state index is 0.0123. The van der Waals surface area contributed by atoms with Crippen molar-refractivity contribution < 1.29 is 41.8 Å². The Labute approximate surface area is 256 Å². The van der Waals surface area contributed by atoms with Crippen molar-refractivity contribution in [3.8, 4) is 6.07 Å². The van der Waals surface area contributed by atoms with Crippen molar-refractivity contribution in [1.82, 2.24) is 14.8 Å².